The van der Waals surface area contributed by atoms with E-state index >= 15 is 0 Å². The van der Waals surface area contributed by atoms with Crippen molar-refractivity contribution in [2.45, 2.75) is 51.1 Å². The molecule has 1 aliphatic rings. The van der Waals surface area contributed by atoms with Crippen molar-refractivity contribution in [2.24, 2.45) is 5.73 Å². The molecule has 2 heteroatoms. The van der Waals surface area contributed by atoms with Crippen LogP contribution < -0.4 is 11.1 Å². The number of nitrogens with one attached hydrogen (secondary N) is 1. The second-order valence-corrected chi connectivity index (χ2v) is 3.51. The van der Waals surface area contributed by atoms with Crippen LogP contribution in [-0.4, -0.2) is 18.6 Å². The molecular weight excluding hydrogens is 136 g/mol. The molecule has 3 N–H and O–H groups in total. The Balaban J connectivity index is 2.18. The molecule has 0 aromatic heterocycles. The van der Waals surface area contributed by atoms with Gasteiger partial charge >= 0.3 is 0 Å². The SMILES string of the molecule is CCCN[C@H]1CCCC[C@@H]1N. The molecule has 0 bridgehead atoms. The summed E-state index contributed by atoms with van der Waals surface area (Å²) in [5.41, 5.74) is 5.96. The van der Waals surface area contributed by atoms with Crippen LogP contribution in [0, 0.1) is 0 Å². The fourth-order valence-electron chi connectivity index (χ4n) is 1.74. The summed E-state index contributed by atoms with van der Waals surface area (Å²) < 4.78 is 0. The van der Waals surface area contributed by atoms with E-state index in [0.29, 0.717) is 12.1 Å². The van der Waals surface area contributed by atoms with Gasteiger partial charge in [0, 0.05) is 12.1 Å². The van der Waals surface area contributed by atoms with E-state index in [0.717, 1.165) is 6.54 Å². The average molecular weight is 156 g/mol. The standard InChI is InChI=1S/C9H20N2/c1-2-7-11-9-6-4-3-5-8(9)10/h8-9,11H,2-7,10H2,1H3/t8-,9-/m0/s1. The van der Waals surface area contributed by atoms with Gasteiger partial charge in [0.1, 0.15) is 0 Å². The summed E-state index contributed by atoms with van der Waals surface area (Å²) in [5.74, 6) is 0. The van der Waals surface area contributed by atoms with Crippen LogP contribution in [-0.2, 0) is 0 Å². The third kappa shape index (κ3) is 2.80. The highest BCUT2D eigenvalue weighted by molar-refractivity contribution is 4.83. The Morgan fingerprint density at radius 3 is 2.73 bits per heavy atom. The van der Waals surface area contributed by atoms with Crippen LogP contribution in [0.4, 0.5) is 0 Å². The van der Waals surface area contributed by atoms with E-state index in [1.54, 1.807) is 0 Å². The third-order valence-electron chi connectivity index (χ3n) is 2.48. The van der Waals surface area contributed by atoms with Crippen LogP contribution in [0.15, 0.2) is 0 Å². The lowest BCUT2D eigenvalue weighted by Crippen LogP contribution is -2.47. The summed E-state index contributed by atoms with van der Waals surface area (Å²) in [4.78, 5) is 0. The molecule has 0 aromatic carbocycles. The molecule has 2 nitrogen and oxygen atoms in total. The zero-order valence-electron chi connectivity index (χ0n) is 7.47. The van der Waals surface area contributed by atoms with Crippen molar-refractivity contribution in [2.75, 3.05) is 6.54 Å². The van der Waals surface area contributed by atoms with E-state index in [9.17, 15) is 0 Å². The second-order valence-electron chi connectivity index (χ2n) is 3.51. The van der Waals surface area contributed by atoms with Crippen LogP contribution in [0.1, 0.15) is 39.0 Å². The van der Waals surface area contributed by atoms with Crippen molar-refractivity contribution in [3.63, 3.8) is 0 Å². The lowest BCUT2D eigenvalue weighted by atomic mass is 9.91. The molecule has 11 heavy (non-hydrogen) atoms. The zero-order chi connectivity index (χ0) is 8.10. The van der Waals surface area contributed by atoms with E-state index in [2.05, 4.69) is 12.2 Å². The predicted octanol–water partition coefficient (Wildman–Crippen LogP) is 1.26. The fraction of sp³-hybridized carbons (Fsp3) is 1.00. The van der Waals surface area contributed by atoms with Crippen molar-refractivity contribution >= 4 is 0 Å². The van der Waals surface area contributed by atoms with Crippen LogP contribution >= 0.6 is 0 Å². The summed E-state index contributed by atoms with van der Waals surface area (Å²) in [6.45, 7) is 3.32. The van der Waals surface area contributed by atoms with Gasteiger partial charge in [-0.2, -0.15) is 0 Å². The number of rotatable bonds is 3. The topological polar surface area (TPSA) is 38.0 Å². The molecular formula is C9H20N2. The highest BCUT2D eigenvalue weighted by Crippen LogP contribution is 2.16. The number of hydrogen-bond acceptors (Lipinski definition) is 2. The van der Waals surface area contributed by atoms with Crippen LogP contribution in [0.2, 0.25) is 0 Å². The maximum Gasteiger partial charge on any atom is 0.0219 e. The Labute approximate surface area is 69.5 Å². The molecule has 0 heterocycles. The average Bonchev–Trinajstić information content (AvgIpc) is 2.03. The third-order valence-corrected chi connectivity index (χ3v) is 2.48. The Hall–Kier alpha value is -0.0800. The van der Waals surface area contributed by atoms with Crippen molar-refractivity contribution in [1.29, 1.82) is 0 Å². The smallest absolute Gasteiger partial charge is 0.0219 e. The van der Waals surface area contributed by atoms with E-state index in [1.165, 1.54) is 32.1 Å². The van der Waals surface area contributed by atoms with Gasteiger partial charge in [0.15, 0.2) is 0 Å². The Kier molecular flexibility index (Phi) is 3.87. The second kappa shape index (κ2) is 4.73. The van der Waals surface area contributed by atoms with E-state index < -0.39 is 0 Å². The number of hydrogen-bond donors (Lipinski definition) is 2. The van der Waals surface area contributed by atoms with Gasteiger partial charge in [-0.25, -0.2) is 0 Å². The Morgan fingerprint density at radius 1 is 1.36 bits per heavy atom. The lowest BCUT2D eigenvalue weighted by Gasteiger charge is -2.29. The van der Waals surface area contributed by atoms with Gasteiger partial charge in [-0.3, -0.25) is 0 Å². The minimum Gasteiger partial charge on any atom is -0.326 e. The molecule has 0 radical (unpaired) electrons. The first kappa shape index (κ1) is 9.01. The normalized spacial score (nSPS) is 32.2. The monoisotopic (exact) mass is 156 g/mol. The molecule has 0 unspecified atom stereocenters. The molecule has 1 rings (SSSR count). The fourth-order valence-corrected chi connectivity index (χ4v) is 1.74. The first-order valence-electron chi connectivity index (χ1n) is 4.83. The van der Waals surface area contributed by atoms with E-state index in [4.69, 9.17) is 5.73 Å². The summed E-state index contributed by atoms with van der Waals surface area (Å²) in [7, 11) is 0. The van der Waals surface area contributed by atoms with Crippen molar-refractivity contribution in [1.82, 2.24) is 5.32 Å². The Morgan fingerprint density at radius 2 is 2.09 bits per heavy atom. The molecule has 2 atom stereocenters. The summed E-state index contributed by atoms with van der Waals surface area (Å²) in [5, 5.41) is 3.50. The minimum absolute atomic E-state index is 0.412. The van der Waals surface area contributed by atoms with E-state index in [-0.39, 0.29) is 0 Å². The molecule has 0 saturated heterocycles. The highest BCUT2D eigenvalue weighted by Gasteiger charge is 2.20. The van der Waals surface area contributed by atoms with Gasteiger partial charge in [-0.15, -0.1) is 0 Å². The zero-order valence-corrected chi connectivity index (χ0v) is 7.47. The van der Waals surface area contributed by atoms with Crippen molar-refractivity contribution in [3.8, 4) is 0 Å². The summed E-state index contributed by atoms with van der Waals surface area (Å²) in [6.07, 6.45) is 6.38. The first-order valence-corrected chi connectivity index (χ1v) is 4.83. The van der Waals surface area contributed by atoms with E-state index in [1.807, 2.05) is 0 Å². The van der Waals surface area contributed by atoms with Crippen molar-refractivity contribution < 1.29 is 0 Å². The summed E-state index contributed by atoms with van der Waals surface area (Å²) >= 11 is 0. The van der Waals surface area contributed by atoms with Gasteiger partial charge in [-0.1, -0.05) is 19.8 Å². The van der Waals surface area contributed by atoms with Crippen LogP contribution in [0.25, 0.3) is 0 Å². The largest absolute Gasteiger partial charge is 0.326 e. The lowest BCUT2D eigenvalue weighted by molar-refractivity contribution is 0.328. The Bertz CT molecular complexity index is 104. The highest BCUT2D eigenvalue weighted by atomic mass is 14.9. The molecule has 1 fully saturated rings. The van der Waals surface area contributed by atoms with Gasteiger partial charge in [0.2, 0.25) is 0 Å². The number of nitrogens with two attached hydrogens (primary N) is 1. The van der Waals surface area contributed by atoms with Gasteiger partial charge in [0.05, 0.1) is 0 Å². The first-order chi connectivity index (χ1) is 5.34. The molecule has 0 aliphatic heterocycles. The molecule has 1 saturated carbocycles. The molecule has 0 spiro atoms. The quantitative estimate of drug-likeness (QED) is 0.645. The van der Waals surface area contributed by atoms with Crippen LogP contribution in [0.3, 0.4) is 0 Å². The van der Waals surface area contributed by atoms with Gasteiger partial charge in [0.25, 0.3) is 0 Å². The maximum absolute atomic E-state index is 5.96. The molecule has 66 valence electrons. The molecule has 0 aromatic rings. The minimum atomic E-state index is 0.412. The van der Waals surface area contributed by atoms with Crippen LogP contribution in [0.5, 0.6) is 0 Å². The van der Waals surface area contributed by atoms with Gasteiger partial charge < -0.3 is 11.1 Å². The molecule has 0 amide bonds. The summed E-state index contributed by atoms with van der Waals surface area (Å²) in [6, 6.07) is 1.01. The van der Waals surface area contributed by atoms with Crippen molar-refractivity contribution in [3.05, 3.63) is 0 Å². The predicted molar refractivity (Wildman–Crippen MR) is 48.5 cm³/mol. The van der Waals surface area contributed by atoms with Gasteiger partial charge in [-0.05, 0) is 25.8 Å². The molecule has 1 aliphatic carbocycles. The maximum atomic E-state index is 5.96.